The van der Waals surface area contributed by atoms with Gasteiger partial charge >= 0.3 is 0 Å². The van der Waals surface area contributed by atoms with Gasteiger partial charge in [0.1, 0.15) is 171 Å². The van der Waals surface area contributed by atoms with Gasteiger partial charge in [-0.15, -0.1) is 0 Å². The highest BCUT2D eigenvalue weighted by Crippen LogP contribution is 2.38. The maximum absolute atomic E-state index is 12.6. The van der Waals surface area contributed by atoms with Gasteiger partial charge in [0, 0.05) is 27.7 Å². The molecule has 40 nitrogen and oxygen atoms in total. The minimum atomic E-state index is -2.45. The molecule has 7 rings (SSSR count). The molecule has 0 spiro atoms. The fourth-order valence-corrected chi connectivity index (χ4v) is 11.5. The lowest BCUT2D eigenvalue weighted by Crippen LogP contribution is -2.70. The Balaban J connectivity index is 1.28. The maximum atomic E-state index is 12.6. The molecule has 0 aromatic heterocycles. The number of aliphatic hydroxyl groups is 19. The van der Waals surface area contributed by atoms with Crippen molar-refractivity contribution in [3.05, 3.63) is 0 Å². The zero-order valence-electron chi connectivity index (χ0n) is 48.6. The molecule has 7 saturated heterocycles. The number of rotatable bonds is 23. The van der Waals surface area contributed by atoms with Gasteiger partial charge in [-0.2, -0.15) is 0 Å². The smallest absolute Gasteiger partial charge is 0.217 e. The van der Waals surface area contributed by atoms with Crippen LogP contribution in [-0.4, -0.2) is 382 Å². The Kier molecular flexibility index (Phi) is 26.6. The van der Waals surface area contributed by atoms with E-state index in [-0.39, 0.29) is 0 Å². The Bertz CT molecular complexity index is 2310. The molecule has 0 aliphatic carbocycles. The molecule has 7 aliphatic rings. The molecular weight excluding hydrogens is 1230 g/mol. The van der Waals surface area contributed by atoms with Crippen LogP contribution in [0, 0.1) is 0 Å². The number of aliphatic hydroxyl groups excluding tert-OH is 19. The van der Waals surface area contributed by atoms with E-state index in [9.17, 15) is 116 Å². The third-order valence-corrected chi connectivity index (χ3v) is 16.1. The topological polar surface area (TPSA) is 621 Å². The van der Waals surface area contributed by atoms with E-state index in [1.165, 1.54) is 0 Å². The zero-order valence-corrected chi connectivity index (χ0v) is 48.6. The first-order valence-electron chi connectivity index (χ1n) is 28.6. The SMILES string of the molecule is CC(=O)N[C@H]1[C@H](O[C@@H]2[C@@H](O[C@@H]3[C@H](O)[C@H](O[C@H]4[C@H](O)[C@@H](NC(C)=O)C(O)O[C@@H]4CO)O[C@H](CO[C@H]4O[C@H](CO)[C@@H](O)[C@H](O)[C@@H]4O[C@@H]4O[C@H](CO)[C@@H](O)[C@H](O)[C@H]4NC(C)=O)[C@H]3O)O[C@H](CO)[C@@H](O[C@@H]3O[C@H](CO)[C@@H](O)[C@H](O)[C@H]3NC(C)=O)[C@@H]2O)O[C@H](CO)[C@@H](O)[C@@H]1O. The van der Waals surface area contributed by atoms with Crippen LogP contribution in [0.2, 0.25) is 0 Å². The average Bonchev–Trinajstić information content (AvgIpc) is 1.01. The second-order valence-corrected chi connectivity index (χ2v) is 22.5. The fourth-order valence-electron chi connectivity index (χ4n) is 11.5. The van der Waals surface area contributed by atoms with Crippen LogP contribution in [0.1, 0.15) is 27.7 Å². The number of hydrogen-bond acceptors (Lipinski definition) is 36. The van der Waals surface area contributed by atoms with Crippen LogP contribution in [-0.2, 0) is 80.8 Å². The number of carbonyl (C=O) groups is 4. The van der Waals surface area contributed by atoms with E-state index in [2.05, 4.69) is 21.3 Å². The van der Waals surface area contributed by atoms with Crippen molar-refractivity contribution in [1.82, 2.24) is 21.3 Å². The molecule has 0 aromatic carbocycles. The molecule has 520 valence electrons. The van der Waals surface area contributed by atoms with Crippen LogP contribution in [0.25, 0.3) is 0 Å². The van der Waals surface area contributed by atoms with E-state index in [0.29, 0.717) is 0 Å². The van der Waals surface area contributed by atoms with Crippen molar-refractivity contribution in [1.29, 1.82) is 0 Å². The van der Waals surface area contributed by atoms with Gasteiger partial charge in [-0.25, -0.2) is 0 Å². The highest BCUT2D eigenvalue weighted by molar-refractivity contribution is 5.74. The monoisotopic (exact) mass is 1320 g/mol. The molecule has 1 unspecified atom stereocenters. The minimum Gasteiger partial charge on any atom is -0.394 e. The number of ether oxygens (including phenoxy) is 13. The molecule has 0 bridgehead atoms. The Labute approximate surface area is 510 Å². The van der Waals surface area contributed by atoms with Gasteiger partial charge in [-0.3, -0.25) is 19.2 Å². The summed E-state index contributed by atoms with van der Waals surface area (Å²) in [7, 11) is 0. The highest BCUT2D eigenvalue weighted by atomic mass is 16.8. The molecule has 7 aliphatic heterocycles. The third-order valence-electron chi connectivity index (χ3n) is 16.1. The molecule has 0 aromatic rings. The van der Waals surface area contributed by atoms with E-state index in [0.717, 1.165) is 27.7 Å². The zero-order chi connectivity index (χ0) is 66.5. The summed E-state index contributed by atoms with van der Waals surface area (Å²) >= 11 is 0. The molecule has 90 heavy (non-hydrogen) atoms. The third kappa shape index (κ3) is 16.4. The van der Waals surface area contributed by atoms with E-state index in [1.54, 1.807) is 0 Å². The first-order chi connectivity index (χ1) is 42.5. The Morgan fingerprint density at radius 2 is 0.600 bits per heavy atom. The first kappa shape index (κ1) is 74.0. The van der Waals surface area contributed by atoms with Crippen molar-refractivity contribution in [3.8, 4) is 0 Å². The summed E-state index contributed by atoms with van der Waals surface area (Å²) in [6.45, 7) is -3.25. The van der Waals surface area contributed by atoms with Crippen LogP contribution in [0.3, 0.4) is 0 Å². The molecule has 7 fully saturated rings. The van der Waals surface area contributed by atoms with Crippen LogP contribution in [0.5, 0.6) is 0 Å². The number of amides is 4. The Hall–Kier alpha value is -3.40. The summed E-state index contributed by atoms with van der Waals surface area (Å²) in [6, 6.07) is -6.91. The average molecular weight is 1320 g/mol. The van der Waals surface area contributed by atoms with Crippen LogP contribution >= 0.6 is 0 Å². The van der Waals surface area contributed by atoms with E-state index >= 15 is 0 Å². The largest absolute Gasteiger partial charge is 0.394 e. The predicted octanol–water partition coefficient (Wildman–Crippen LogP) is -15.7. The summed E-state index contributed by atoms with van der Waals surface area (Å²) in [5.41, 5.74) is 0. The lowest BCUT2D eigenvalue weighted by molar-refractivity contribution is -0.401. The summed E-state index contributed by atoms with van der Waals surface area (Å²) < 4.78 is 77.1. The summed E-state index contributed by atoms with van der Waals surface area (Å²) in [5, 5.41) is 219. The van der Waals surface area contributed by atoms with Crippen molar-refractivity contribution in [2.24, 2.45) is 0 Å². The minimum absolute atomic E-state index is 0.806. The van der Waals surface area contributed by atoms with Gasteiger partial charge in [-0.1, -0.05) is 0 Å². The lowest BCUT2D eigenvalue weighted by Gasteiger charge is -2.51. The van der Waals surface area contributed by atoms with E-state index in [4.69, 9.17) is 61.6 Å². The summed E-state index contributed by atoms with van der Waals surface area (Å²) in [4.78, 5) is 49.5. The number of nitrogens with one attached hydrogen (secondary N) is 4. The normalized spacial score (nSPS) is 47.6. The van der Waals surface area contributed by atoms with E-state index < -0.39 is 285 Å². The van der Waals surface area contributed by atoms with E-state index in [1.807, 2.05) is 0 Å². The molecule has 23 N–H and O–H groups in total. The van der Waals surface area contributed by atoms with Crippen molar-refractivity contribution in [2.45, 2.75) is 242 Å². The van der Waals surface area contributed by atoms with Crippen molar-refractivity contribution in [2.75, 3.05) is 46.2 Å². The molecule has 0 radical (unpaired) electrons. The van der Waals surface area contributed by atoms with Gasteiger partial charge in [0.25, 0.3) is 0 Å². The van der Waals surface area contributed by atoms with Gasteiger partial charge < -0.3 is 180 Å². The Morgan fingerprint density at radius 1 is 0.289 bits per heavy atom. The summed E-state index contributed by atoms with van der Waals surface area (Å²) in [5.74, 6) is -3.32. The first-order valence-corrected chi connectivity index (χ1v) is 28.6. The molecule has 7 heterocycles. The number of hydrogen-bond donors (Lipinski definition) is 23. The van der Waals surface area contributed by atoms with Gasteiger partial charge in [0.05, 0.1) is 46.2 Å². The van der Waals surface area contributed by atoms with Crippen molar-refractivity contribution in [3.63, 3.8) is 0 Å². The predicted molar refractivity (Wildman–Crippen MR) is 278 cm³/mol. The van der Waals surface area contributed by atoms with Crippen LogP contribution in [0.15, 0.2) is 0 Å². The molecular formula is C50H84N4O36. The van der Waals surface area contributed by atoms with Crippen molar-refractivity contribution < 1.29 is 178 Å². The fraction of sp³-hybridized carbons (Fsp3) is 0.920. The van der Waals surface area contributed by atoms with Gasteiger partial charge in [0.15, 0.2) is 44.0 Å². The Morgan fingerprint density at radius 3 is 1.01 bits per heavy atom. The molecule has 0 saturated carbocycles. The van der Waals surface area contributed by atoms with Crippen LogP contribution < -0.4 is 21.3 Å². The van der Waals surface area contributed by atoms with Gasteiger partial charge in [0.2, 0.25) is 23.6 Å². The molecule has 4 amide bonds. The highest BCUT2D eigenvalue weighted by Gasteiger charge is 2.59. The number of carbonyl (C=O) groups excluding carboxylic acids is 4. The van der Waals surface area contributed by atoms with Gasteiger partial charge in [-0.05, 0) is 0 Å². The maximum Gasteiger partial charge on any atom is 0.217 e. The van der Waals surface area contributed by atoms with Crippen LogP contribution in [0.4, 0.5) is 0 Å². The summed E-state index contributed by atoms with van der Waals surface area (Å²) in [6.07, 6.45) is -62.6. The second kappa shape index (κ2) is 32.4. The standard InChI is InChI=1S/C50H84N4O36/c1-12(61)51-23-35(73)39(20(9-59)79-44(23)77)87-48-38(76)41(31(69)22(85-48)11-78-49-42(36(74)30(68)19(8-58)83-49)89-46-25(53-14(3)63)33(71)28(66)17(6-56)81-46)88-50-43(90-47-26(54-15(4)64)34(72)29(67)18(7-57)82-47)37(75)40(21(10-60)84-50)86-45-24(52-13(2)62)32(70)27(65)16(5-55)80-45/h16-50,55-60,65-77H,5-11H2,1-4H3,(H,51,61)(H,52,62)(H,53,63)(H,54,64)/t16-,17-,18-,19-,20-,21-,22-,23-,24-,25-,26-,27-,28-,29-,30-,31-,32-,33-,34-,35-,36+,37+,38+,39-,40-,41+,42+,43+,44?,45+,46+,47+,48+,49+,50-/m1/s1. The molecule has 35 atom stereocenters. The lowest BCUT2D eigenvalue weighted by atomic mass is 9.94. The van der Waals surface area contributed by atoms with Crippen molar-refractivity contribution >= 4 is 23.6 Å². The second-order valence-electron chi connectivity index (χ2n) is 22.5. The quantitative estimate of drug-likeness (QED) is 0.0452. The molecule has 40 heteroatoms.